The summed E-state index contributed by atoms with van der Waals surface area (Å²) >= 11 is 1.84. The lowest BCUT2D eigenvalue weighted by molar-refractivity contribution is 0.122. The second-order valence-corrected chi connectivity index (χ2v) is 7.84. The molecule has 0 unspecified atom stereocenters. The summed E-state index contributed by atoms with van der Waals surface area (Å²) in [6.07, 6.45) is 3.98. The number of guanidine groups is 1. The highest BCUT2D eigenvalue weighted by Crippen LogP contribution is 2.20. The molecule has 134 valence electrons. The Morgan fingerprint density at radius 1 is 1.38 bits per heavy atom. The quantitative estimate of drug-likeness (QED) is 0.601. The molecule has 1 aromatic rings. The fraction of sp³-hybridized carbons (Fsp3) is 0.647. The average Bonchev–Trinajstić information content (AvgIpc) is 2.63. The predicted octanol–water partition coefficient (Wildman–Crippen LogP) is 1.72. The highest BCUT2D eigenvalue weighted by Gasteiger charge is 2.17. The summed E-state index contributed by atoms with van der Waals surface area (Å²) in [6.45, 7) is 9.28. The Morgan fingerprint density at radius 3 is 2.79 bits per heavy atom. The van der Waals surface area contributed by atoms with Crippen LogP contribution in [0.2, 0.25) is 0 Å². The monoisotopic (exact) mass is 351 g/mol. The largest absolute Gasteiger partial charge is 0.378 e. The van der Waals surface area contributed by atoms with Crippen LogP contribution in [0.3, 0.4) is 0 Å². The van der Waals surface area contributed by atoms with E-state index in [1.165, 1.54) is 5.56 Å². The van der Waals surface area contributed by atoms with E-state index in [-0.39, 0.29) is 4.75 Å². The van der Waals surface area contributed by atoms with E-state index >= 15 is 0 Å². The Balaban J connectivity index is 1.95. The first-order chi connectivity index (χ1) is 11.6. The molecule has 0 bridgehead atoms. The number of hydrogen-bond donors (Lipinski definition) is 2. The molecule has 0 aromatic carbocycles. The molecule has 2 heterocycles. The number of nitrogens with one attached hydrogen (secondary N) is 2. The van der Waals surface area contributed by atoms with E-state index in [1.807, 2.05) is 24.0 Å². The lowest BCUT2D eigenvalue weighted by Crippen LogP contribution is -2.43. The van der Waals surface area contributed by atoms with Gasteiger partial charge in [0.25, 0.3) is 0 Å². The number of nitrogens with zero attached hydrogens (tertiary/aromatic N) is 3. The molecule has 2 N–H and O–H groups in total. The van der Waals surface area contributed by atoms with Crippen LogP contribution in [0, 0.1) is 0 Å². The number of thioether (sulfide) groups is 1. The maximum atomic E-state index is 5.43. The van der Waals surface area contributed by atoms with Gasteiger partial charge in [-0.2, -0.15) is 11.8 Å². The summed E-state index contributed by atoms with van der Waals surface area (Å²) in [5.41, 5.74) is 1.17. The fourth-order valence-corrected chi connectivity index (χ4v) is 2.61. The van der Waals surface area contributed by atoms with Gasteiger partial charge in [-0.1, -0.05) is 6.07 Å². The fourth-order valence-electron chi connectivity index (χ4n) is 2.40. The minimum Gasteiger partial charge on any atom is -0.378 e. The van der Waals surface area contributed by atoms with Crippen molar-refractivity contribution in [2.24, 2.45) is 4.99 Å². The number of aromatic nitrogens is 1. The van der Waals surface area contributed by atoms with Crippen LogP contribution in [0.25, 0.3) is 0 Å². The zero-order valence-corrected chi connectivity index (χ0v) is 15.9. The first kappa shape index (κ1) is 18.9. The Bertz CT molecular complexity index is 544. The van der Waals surface area contributed by atoms with Gasteiger partial charge in [-0.05, 0) is 26.2 Å². The number of aliphatic imine (C=N–C) groups is 1. The molecule has 1 saturated heterocycles. The molecule has 0 radical (unpaired) electrons. The van der Waals surface area contributed by atoms with E-state index < -0.39 is 0 Å². The second-order valence-electron chi connectivity index (χ2n) is 6.33. The highest BCUT2D eigenvalue weighted by molar-refractivity contribution is 7.99. The lowest BCUT2D eigenvalue weighted by Gasteiger charge is -2.29. The van der Waals surface area contributed by atoms with E-state index in [9.17, 15) is 0 Å². The molecule has 1 aliphatic heterocycles. The standard InChI is InChI=1S/C17H29N5OS/c1-17(2,24-4)13-21-16(18-3)20-12-14-6-5-7-19-15(14)22-8-10-23-11-9-22/h5-7H,8-13H2,1-4H3,(H2,18,20,21). The molecule has 6 nitrogen and oxygen atoms in total. The number of ether oxygens (including phenoxy) is 1. The highest BCUT2D eigenvalue weighted by atomic mass is 32.2. The number of hydrogen-bond acceptors (Lipinski definition) is 5. The topological polar surface area (TPSA) is 61.8 Å². The smallest absolute Gasteiger partial charge is 0.191 e. The van der Waals surface area contributed by atoms with Crippen molar-refractivity contribution in [3.63, 3.8) is 0 Å². The molecule has 0 aliphatic carbocycles. The molecule has 0 saturated carbocycles. The van der Waals surface area contributed by atoms with Crippen molar-refractivity contribution in [1.29, 1.82) is 0 Å². The van der Waals surface area contributed by atoms with Crippen molar-refractivity contribution in [3.8, 4) is 0 Å². The van der Waals surface area contributed by atoms with Gasteiger partial charge >= 0.3 is 0 Å². The number of morpholine rings is 1. The van der Waals surface area contributed by atoms with E-state index in [0.29, 0.717) is 6.54 Å². The Morgan fingerprint density at radius 2 is 2.12 bits per heavy atom. The van der Waals surface area contributed by atoms with Gasteiger partial charge < -0.3 is 20.3 Å². The van der Waals surface area contributed by atoms with E-state index in [0.717, 1.165) is 44.6 Å². The molecule has 24 heavy (non-hydrogen) atoms. The van der Waals surface area contributed by atoms with Crippen LogP contribution >= 0.6 is 11.8 Å². The minimum atomic E-state index is 0.172. The maximum Gasteiger partial charge on any atom is 0.191 e. The summed E-state index contributed by atoms with van der Waals surface area (Å²) in [6, 6.07) is 4.10. The Labute approximate surface area is 149 Å². The molecular weight excluding hydrogens is 322 g/mol. The van der Waals surface area contributed by atoms with Crippen molar-refractivity contribution in [1.82, 2.24) is 15.6 Å². The molecule has 1 fully saturated rings. The predicted molar refractivity (Wildman–Crippen MR) is 103 cm³/mol. The van der Waals surface area contributed by atoms with Gasteiger partial charge in [0.2, 0.25) is 0 Å². The van der Waals surface area contributed by atoms with Gasteiger partial charge in [0.05, 0.1) is 13.2 Å². The van der Waals surface area contributed by atoms with Crippen LogP contribution in [0.15, 0.2) is 23.3 Å². The van der Waals surface area contributed by atoms with Crippen molar-refractivity contribution in [2.45, 2.75) is 25.1 Å². The van der Waals surface area contributed by atoms with Crippen LogP contribution in [0.5, 0.6) is 0 Å². The van der Waals surface area contributed by atoms with E-state index in [2.05, 4.69) is 51.7 Å². The van der Waals surface area contributed by atoms with Crippen LogP contribution in [-0.4, -0.2) is 61.8 Å². The van der Waals surface area contributed by atoms with Crippen LogP contribution in [0.1, 0.15) is 19.4 Å². The van der Waals surface area contributed by atoms with Crippen molar-refractivity contribution < 1.29 is 4.74 Å². The van der Waals surface area contributed by atoms with Gasteiger partial charge in [-0.25, -0.2) is 4.98 Å². The summed E-state index contributed by atoms with van der Waals surface area (Å²) in [4.78, 5) is 11.2. The number of pyridine rings is 1. The first-order valence-electron chi connectivity index (χ1n) is 8.32. The summed E-state index contributed by atoms with van der Waals surface area (Å²) in [5, 5.41) is 6.79. The Kier molecular flexibility index (Phi) is 7.17. The third kappa shape index (κ3) is 5.56. The minimum absolute atomic E-state index is 0.172. The van der Waals surface area contributed by atoms with E-state index in [1.54, 1.807) is 7.05 Å². The molecule has 2 rings (SSSR count). The number of rotatable bonds is 6. The van der Waals surface area contributed by atoms with E-state index in [4.69, 9.17) is 4.74 Å². The van der Waals surface area contributed by atoms with Crippen molar-refractivity contribution >= 4 is 23.5 Å². The molecule has 7 heteroatoms. The number of anilines is 1. The van der Waals surface area contributed by atoms with Gasteiger partial charge in [-0.15, -0.1) is 0 Å². The molecule has 1 aliphatic rings. The molecule has 0 amide bonds. The van der Waals surface area contributed by atoms with Crippen LogP contribution in [-0.2, 0) is 11.3 Å². The van der Waals surface area contributed by atoms with Gasteiger partial charge in [0.15, 0.2) is 5.96 Å². The first-order valence-corrected chi connectivity index (χ1v) is 9.54. The Hall–Kier alpha value is -1.47. The normalized spacial score (nSPS) is 16.2. The van der Waals surface area contributed by atoms with Gasteiger partial charge in [-0.3, -0.25) is 4.99 Å². The summed E-state index contributed by atoms with van der Waals surface area (Å²) in [5.74, 6) is 1.85. The van der Waals surface area contributed by atoms with Crippen molar-refractivity contribution in [3.05, 3.63) is 23.9 Å². The third-order valence-corrected chi connectivity index (χ3v) is 5.33. The van der Waals surface area contributed by atoms with Crippen LogP contribution < -0.4 is 15.5 Å². The SMILES string of the molecule is CN=C(NCc1cccnc1N1CCOCC1)NCC(C)(C)SC. The third-order valence-electron chi connectivity index (χ3n) is 4.08. The zero-order chi connectivity index (χ0) is 17.4. The summed E-state index contributed by atoms with van der Waals surface area (Å²) < 4.78 is 5.61. The maximum absolute atomic E-state index is 5.43. The molecule has 0 spiro atoms. The second kappa shape index (κ2) is 9.13. The molecular formula is C17H29N5OS. The van der Waals surface area contributed by atoms with Gasteiger partial charge in [0.1, 0.15) is 5.82 Å². The van der Waals surface area contributed by atoms with Gasteiger partial charge in [0, 0.05) is 49.7 Å². The zero-order valence-electron chi connectivity index (χ0n) is 15.1. The van der Waals surface area contributed by atoms with Crippen LogP contribution in [0.4, 0.5) is 5.82 Å². The lowest BCUT2D eigenvalue weighted by atomic mass is 10.2. The van der Waals surface area contributed by atoms with Crippen molar-refractivity contribution in [2.75, 3.05) is 51.1 Å². The summed E-state index contributed by atoms with van der Waals surface area (Å²) in [7, 11) is 1.80. The molecule has 0 atom stereocenters. The molecule has 1 aromatic heterocycles. The average molecular weight is 352 g/mol.